The molecule has 4 nitrogen and oxygen atoms in total. The Labute approximate surface area is 115 Å². The van der Waals surface area contributed by atoms with Crippen LogP contribution < -0.4 is 5.73 Å². The van der Waals surface area contributed by atoms with Gasteiger partial charge in [0.1, 0.15) is 4.90 Å². The van der Waals surface area contributed by atoms with Gasteiger partial charge in [0.15, 0.2) is 5.82 Å². The molecule has 100 valence electrons. The molecule has 0 saturated carbocycles. The van der Waals surface area contributed by atoms with Gasteiger partial charge >= 0.3 is 0 Å². The van der Waals surface area contributed by atoms with E-state index in [9.17, 15) is 12.8 Å². The highest BCUT2D eigenvalue weighted by molar-refractivity contribution is 7.89. The van der Waals surface area contributed by atoms with Gasteiger partial charge in [-0.25, -0.2) is 12.8 Å². The Balaban J connectivity index is 2.45. The van der Waals surface area contributed by atoms with Crippen LogP contribution in [0.4, 0.5) is 4.39 Å². The summed E-state index contributed by atoms with van der Waals surface area (Å²) in [6.07, 6.45) is 0.576. The lowest BCUT2D eigenvalue weighted by Gasteiger charge is -2.17. The lowest BCUT2D eigenvalue weighted by atomic mass is 10.3. The third kappa shape index (κ3) is 2.35. The molecule has 0 aromatic heterocycles. The minimum Gasteiger partial charge on any atom is -0.326 e. The van der Waals surface area contributed by atoms with Crippen molar-refractivity contribution in [2.24, 2.45) is 5.73 Å². The molecule has 2 N–H and O–H groups in total. The molecule has 0 aliphatic carbocycles. The molecule has 0 amide bonds. The summed E-state index contributed by atoms with van der Waals surface area (Å²) < 4.78 is 39.2. The van der Waals surface area contributed by atoms with Gasteiger partial charge in [0.2, 0.25) is 10.0 Å². The van der Waals surface area contributed by atoms with Gasteiger partial charge in [0.05, 0.1) is 10.0 Å². The van der Waals surface area contributed by atoms with Crippen LogP contribution in [-0.4, -0.2) is 31.9 Å². The van der Waals surface area contributed by atoms with Crippen molar-refractivity contribution < 1.29 is 12.8 Å². The Morgan fingerprint density at radius 1 is 1.39 bits per heavy atom. The Bertz CT molecular complexity index is 579. The topological polar surface area (TPSA) is 63.4 Å². The maximum atomic E-state index is 13.5. The van der Waals surface area contributed by atoms with Crippen molar-refractivity contribution in [2.45, 2.75) is 17.4 Å². The predicted molar refractivity (Wildman–Crippen MR) is 67.8 cm³/mol. The lowest BCUT2D eigenvalue weighted by molar-refractivity contribution is 0.471. The minimum absolute atomic E-state index is 0.198. The number of nitrogens with zero attached hydrogens (tertiary/aromatic N) is 1. The molecule has 1 saturated heterocycles. The number of rotatable bonds is 2. The zero-order valence-corrected chi connectivity index (χ0v) is 11.6. The van der Waals surface area contributed by atoms with Crippen molar-refractivity contribution in [2.75, 3.05) is 13.1 Å². The van der Waals surface area contributed by atoms with Crippen LogP contribution in [0.2, 0.25) is 10.0 Å². The average Bonchev–Trinajstić information content (AvgIpc) is 2.73. The molecule has 0 bridgehead atoms. The summed E-state index contributed by atoms with van der Waals surface area (Å²) in [5.41, 5.74) is 5.66. The van der Waals surface area contributed by atoms with Crippen LogP contribution in [0, 0.1) is 5.82 Å². The Morgan fingerprint density at radius 2 is 2.06 bits per heavy atom. The van der Waals surface area contributed by atoms with E-state index in [-0.39, 0.29) is 22.5 Å². The highest BCUT2D eigenvalue weighted by atomic mass is 35.5. The lowest BCUT2D eigenvalue weighted by Crippen LogP contribution is -2.32. The molecule has 1 aliphatic rings. The first-order chi connectivity index (χ1) is 8.34. The smallest absolute Gasteiger partial charge is 0.244 e. The maximum Gasteiger partial charge on any atom is 0.244 e. The molecular weight excluding hydrogens is 302 g/mol. The van der Waals surface area contributed by atoms with Crippen LogP contribution in [0.3, 0.4) is 0 Å². The van der Waals surface area contributed by atoms with Gasteiger partial charge in [-0.2, -0.15) is 4.31 Å². The summed E-state index contributed by atoms with van der Waals surface area (Å²) in [5, 5.41) is -0.694. The molecule has 1 atom stereocenters. The normalized spacial score (nSPS) is 21.4. The van der Waals surface area contributed by atoms with E-state index in [1.165, 1.54) is 16.4 Å². The zero-order valence-electron chi connectivity index (χ0n) is 9.24. The maximum absolute atomic E-state index is 13.5. The standard InChI is InChI=1S/C10H11Cl2FN2O2S/c11-7-1-2-8(9(12)10(7)13)18(16,17)15-4-3-6(14)5-15/h1-2,6H,3-5,14H2. The first-order valence-electron chi connectivity index (χ1n) is 5.23. The molecule has 1 fully saturated rings. The molecule has 18 heavy (non-hydrogen) atoms. The number of nitrogens with two attached hydrogens (primary N) is 1. The molecule has 1 aromatic carbocycles. The van der Waals surface area contributed by atoms with Gasteiger partial charge in [-0.1, -0.05) is 23.2 Å². The number of hydrogen-bond acceptors (Lipinski definition) is 3. The Kier molecular flexibility index (Phi) is 3.85. The zero-order chi connectivity index (χ0) is 13.5. The highest BCUT2D eigenvalue weighted by Gasteiger charge is 2.33. The van der Waals surface area contributed by atoms with Crippen molar-refractivity contribution in [3.8, 4) is 0 Å². The predicted octanol–water partition coefficient (Wildman–Crippen LogP) is 1.85. The van der Waals surface area contributed by atoms with Crippen molar-refractivity contribution in [3.63, 3.8) is 0 Å². The molecule has 1 aliphatic heterocycles. The van der Waals surface area contributed by atoms with E-state index in [4.69, 9.17) is 28.9 Å². The van der Waals surface area contributed by atoms with Crippen LogP contribution in [0.25, 0.3) is 0 Å². The molecule has 8 heteroatoms. The molecule has 1 unspecified atom stereocenters. The third-order valence-electron chi connectivity index (χ3n) is 2.81. The van der Waals surface area contributed by atoms with E-state index in [1.807, 2.05) is 0 Å². The van der Waals surface area contributed by atoms with Gasteiger partial charge in [0, 0.05) is 19.1 Å². The van der Waals surface area contributed by atoms with Crippen molar-refractivity contribution in [1.29, 1.82) is 0 Å². The van der Waals surface area contributed by atoms with Crippen LogP contribution >= 0.6 is 23.2 Å². The average molecular weight is 313 g/mol. The highest BCUT2D eigenvalue weighted by Crippen LogP contribution is 2.32. The Morgan fingerprint density at radius 3 is 2.61 bits per heavy atom. The minimum atomic E-state index is -3.82. The number of benzene rings is 1. The fourth-order valence-corrected chi connectivity index (χ4v) is 4.05. The molecule has 0 spiro atoms. The first kappa shape index (κ1) is 14.0. The quantitative estimate of drug-likeness (QED) is 0.848. The summed E-state index contributed by atoms with van der Waals surface area (Å²) in [7, 11) is -3.82. The first-order valence-corrected chi connectivity index (χ1v) is 7.43. The number of sulfonamides is 1. The van der Waals surface area contributed by atoms with Crippen molar-refractivity contribution >= 4 is 33.2 Å². The second-order valence-corrected chi connectivity index (χ2v) is 6.78. The van der Waals surface area contributed by atoms with Crippen molar-refractivity contribution in [3.05, 3.63) is 28.0 Å². The molecular formula is C10H11Cl2FN2O2S. The van der Waals surface area contributed by atoms with Gasteiger partial charge < -0.3 is 5.73 Å². The fourth-order valence-electron chi connectivity index (χ4n) is 1.82. The van der Waals surface area contributed by atoms with E-state index >= 15 is 0 Å². The van der Waals surface area contributed by atoms with E-state index < -0.39 is 20.9 Å². The summed E-state index contributed by atoms with van der Waals surface area (Å²) in [6, 6.07) is 2.18. The Hall–Kier alpha value is -0.400. The summed E-state index contributed by atoms with van der Waals surface area (Å²) in [5.74, 6) is -0.928. The van der Waals surface area contributed by atoms with Crippen LogP contribution in [-0.2, 0) is 10.0 Å². The summed E-state index contributed by atoms with van der Waals surface area (Å²) in [4.78, 5) is -0.278. The monoisotopic (exact) mass is 312 g/mol. The van der Waals surface area contributed by atoms with Crippen molar-refractivity contribution in [1.82, 2.24) is 4.31 Å². The van der Waals surface area contributed by atoms with Gasteiger partial charge in [-0.3, -0.25) is 0 Å². The number of hydrogen-bond donors (Lipinski definition) is 1. The largest absolute Gasteiger partial charge is 0.326 e. The van der Waals surface area contributed by atoms with E-state index in [2.05, 4.69) is 0 Å². The SMILES string of the molecule is NC1CCN(S(=O)(=O)c2ccc(Cl)c(F)c2Cl)C1. The summed E-state index contributed by atoms with van der Waals surface area (Å²) >= 11 is 11.2. The molecule has 2 rings (SSSR count). The van der Waals surface area contributed by atoms with E-state index in [1.54, 1.807) is 0 Å². The van der Waals surface area contributed by atoms with Gasteiger partial charge in [-0.05, 0) is 18.6 Å². The molecule has 1 aromatic rings. The number of halogens is 3. The molecule has 1 heterocycles. The summed E-state index contributed by atoms with van der Waals surface area (Å²) in [6.45, 7) is 0.521. The van der Waals surface area contributed by atoms with Gasteiger partial charge in [0.25, 0.3) is 0 Å². The molecule has 0 radical (unpaired) electrons. The fraction of sp³-hybridized carbons (Fsp3) is 0.400. The second kappa shape index (κ2) is 4.94. The van der Waals surface area contributed by atoms with E-state index in [0.29, 0.717) is 13.0 Å². The second-order valence-electron chi connectivity index (χ2n) is 4.09. The van der Waals surface area contributed by atoms with Gasteiger partial charge in [-0.15, -0.1) is 0 Å². The van der Waals surface area contributed by atoms with Crippen LogP contribution in [0.1, 0.15) is 6.42 Å². The van der Waals surface area contributed by atoms with Crippen LogP contribution in [0.15, 0.2) is 17.0 Å². The van der Waals surface area contributed by atoms with Crippen LogP contribution in [0.5, 0.6) is 0 Å². The third-order valence-corrected chi connectivity index (χ3v) is 5.49. The van der Waals surface area contributed by atoms with E-state index in [0.717, 1.165) is 0 Å².